The summed E-state index contributed by atoms with van der Waals surface area (Å²) in [5, 5.41) is 5.42. The van der Waals surface area contributed by atoms with E-state index in [9.17, 15) is 14.0 Å². The molecule has 2 aromatic rings. The Morgan fingerprint density at radius 2 is 1.72 bits per heavy atom. The largest absolute Gasteiger partial charge is 0.372 e. The Hall–Kier alpha value is -2.89. The first-order valence-corrected chi connectivity index (χ1v) is 10.2. The summed E-state index contributed by atoms with van der Waals surface area (Å²) in [4.78, 5) is 26.7. The molecule has 2 amide bonds. The van der Waals surface area contributed by atoms with Crippen molar-refractivity contribution in [3.8, 4) is 0 Å². The predicted molar refractivity (Wildman–Crippen MR) is 113 cm³/mol. The van der Waals surface area contributed by atoms with Gasteiger partial charge in [-0.2, -0.15) is 0 Å². The molecule has 1 atom stereocenters. The molecule has 1 saturated heterocycles. The molecule has 0 aromatic heterocycles. The molecule has 0 bridgehead atoms. The topological polar surface area (TPSA) is 61.4 Å². The number of nitrogens with one attached hydrogen (secondary N) is 2. The quantitative estimate of drug-likeness (QED) is 0.748. The number of halogens is 1. The van der Waals surface area contributed by atoms with E-state index in [0.29, 0.717) is 11.3 Å². The third-order valence-corrected chi connectivity index (χ3v) is 5.23. The van der Waals surface area contributed by atoms with Crippen LogP contribution in [0.25, 0.3) is 0 Å². The van der Waals surface area contributed by atoms with E-state index in [1.165, 1.54) is 25.3 Å². The molecule has 3 rings (SSSR count). The number of amides is 2. The number of piperidine rings is 1. The molecule has 1 fully saturated rings. The smallest absolute Gasteiger partial charge is 0.243 e. The van der Waals surface area contributed by atoms with Crippen LogP contribution in [0.4, 0.5) is 15.8 Å². The van der Waals surface area contributed by atoms with Crippen molar-refractivity contribution in [3.63, 3.8) is 0 Å². The third kappa shape index (κ3) is 6.04. The van der Waals surface area contributed by atoms with Crippen LogP contribution in [-0.2, 0) is 16.0 Å². The molecule has 5 nitrogen and oxygen atoms in total. The number of nitrogens with zero attached hydrogens (tertiary/aromatic N) is 1. The summed E-state index contributed by atoms with van der Waals surface area (Å²) in [6, 6.07) is 14.2. The number of carbonyl (C=O) groups is 2. The molecular weight excluding hydrogens is 369 g/mol. The molecule has 6 heteroatoms. The van der Waals surface area contributed by atoms with Gasteiger partial charge >= 0.3 is 0 Å². The van der Waals surface area contributed by atoms with E-state index in [4.69, 9.17) is 0 Å². The van der Waals surface area contributed by atoms with Gasteiger partial charge in [-0.1, -0.05) is 25.1 Å². The lowest BCUT2D eigenvalue weighted by Gasteiger charge is -2.28. The van der Waals surface area contributed by atoms with Gasteiger partial charge in [-0.25, -0.2) is 4.39 Å². The van der Waals surface area contributed by atoms with Crippen molar-refractivity contribution in [1.29, 1.82) is 0 Å². The van der Waals surface area contributed by atoms with Crippen molar-refractivity contribution in [2.75, 3.05) is 29.9 Å². The van der Waals surface area contributed by atoms with Gasteiger partial charge in [-0.15, -0.1) is 0 Å². The van der Waals surface area contributed by atoms with E-state index in [2.05, 4.69) is 15.5 Å². The fraction of sp³-hybridized carbons (Fsp3) is 0.391. The van der Waals surface area contributed by atoms with Gasteiger partial charge in [0, 0.05) is 30.4 Å². The Morgan fingerprint density at radius 3 is 2.41 bits per heavy atom. The van der Waals surface area contributed by atoms with Crippen LogP contribution in [-0.4, -0.2) is 31.4 Å². The number of anilines is 2. The van der Waals surface area contributed by atoms with Gasteiger partial charge in [-0.05, 0) is 61.6 Å². The molecule has 0 spiro atoms. The first-order chi connectivity index (χ1) is 14.0. The molecule has 2 aromatic carbocycles. The Bertz CT molecular complexity index is 832. The van der Waals surface area contributed by atoms with E-state index < -0.39 is 5.92 Å². The molecule has 0 saturated carbocycles. The third-order valence-electron chi connectivity index (χ3n) is 5.23. The SMILES string of the molecule is CC(Cc1ccccc1F)C(=O)NCC(=O)Nc1ccc(N2CCCCC2)cc1. The molecule has 29 heavy (non-hydrogen) atoms. The number of carbonyl (C=O) groups excluding carboxylic acids is 2. The highest BCUT2D eigenvalue weighted by Crippen LogP contribution is 2.21. The fourth-order valence-corrected chi connectivity index (χ4v) is 3.54. The second-order valence-electron chi connectivity index (χ2n) is 7.56. The number of hydrogen-bond donors (Lipinski definition) is 2. The van der Waals surface area contributed by atoms with Crippen LogP contribution in [0.2, 0.25) is 0 Å². The summed E-state index contributed by atoms with van der Waals surface area (Å²) in [5.74, 6) is -1.31. The number of rotatable bonds is 7. The van der Waals surface area contributed by atoms with Crippen LogP contribution in [0.1, 0.15) is 31.7 Å². The molecule has 0 radical (unpaired) electrons. The van der Waals surface area contributed by atoms with Crippen LogP contribution in [0.3, 0.4) is 0 Å². The van der Waals surface area contributed by atoms with Crippen LogP contribution < -0.4 is 15.5 Å². The minimum atomic E-state index is -0.427. The van der Waals surface area contributed by atoms with Gasteiger partial charge < -0.3 is 15.5 Å². The molecule has 1 unspecified atom stereocenters. The molecule has 2 N–H and O–H groups in total. The monoisotopic (exact) mass is 397 g/mol. The average molecular weight is 397 g/mol. The summed E-state index contributed by atoms with van der Waals surface area (Å²) in [6.07, 6.45) is 4.01. The first-order valence-electron chi connectivity index (χ1n) is 10.2. The van der Waals surface area contributed by atoms with Gasteiger partial charge in [0.25, 0.3) is 0 Å². The average Bonchev–Trinajstić information content (AvgIpc) is 2.75. The van der Waals surface area contributed by atoms with Crippen molar-refractivity contribution in [2.24, 2.45) is 5.92 Å². The second kappa shape index (κ2) is 10.0. The zero-order chi connectivity index (χ0) is 20.6. The van der Waals surface area contributed by atoms with Crippen molar-refractivity contribution < 1.29 is 14.0 Å². The standard InChI is InChI=1S/C23H28FN3O2/c1-17(15-18-7-3-4-8-21(18)24)23(29)25-16-22(28)26-19-9-11-20(12-10-19)27-13-5-2-6-14-27/h3-4,7-12,17H,2,5-6,13-16H2,1H3,(H,25,29)(H,26,28). The molecule has 0 aliphatic carbocycles. The zero-order valence-electron chi connectivity index (χ0n) is 16.8. The fourth-order valence-electron chi connectivity index (χ4n) is 3.54. The Kier molecular flexibility index (Phi) is 7.22. The normalized spacial score (nSPS) is 14.9. The summed E-state index contributed by atoms with van der Waals surface area (Å²) in [5.41, 5.74) is 2.36. The van der Waals surface area contributed by atoms with Crippen molar-refractivity contribution in [3.05, 3.63) is 59.9 Å². The lowest BCUT2D eigenvalue weighted by molar-refractivity contribution is -0.126. The van der Waals surface area contributed by atoms with E-state index in [1.54, 1.807) is 25.1 Å². The highest BCUT2D eigenvalue weighted by atomic mass is 19.1. The van der Waals surface area contributed by atoms with Gasteiger partial charge in [0.05, 0.1) is 6.54 Å². The lowest BCUT2D eigenvalue weighted by Crippen LogP contribution is -2.36. The molecule has 1 aliphatic heterocycles. The van der Waals surface area contributed by atoms with Crippen LogP contribution >= 0.6 is 0 Å². The minimum absolute atomic E-state index is 0.117. The number of hydrogen-bond acceptors (Lipinski definition) is 3. The van der Waals surface area contributed by atoms with Crippen molar-refractivity contribution in [1.82, 2.24) is 5.32 Å². The van der Waals surface area contributed by atoms with E-state index in [1.807, 2.05) is 24.3 Å². The van der Waals surface area contributed by atoms with Crippen molar-refractivity contribution in [2.45, 2.75) is 32.6 Å². The molecule has 1 heterocycles. The van der Waals surface area contributed by atoms with Gasteiger partial charge in [0.2, 0.25) is 11.8 Å². The first kappa shape index (κ1) is 20.8. The van der Waals surface area contributed by atoms with Gasteiger partial charge in [0.1, 0.15) is 5.82 Å². The van der Waals surface area contributed by atoms with Crippen LogP contribution in [0.15, 0.2) is 48.5 Å². The Balaban J connectivity index is 1.44. The van der Waals surface area contributed by atoms with Crippen LogP contribution in [0.5, 0.6) is 0 Å². The van der Waals surface area contributed by atoms with Crippen molar-refractivity contribution >= 4 is 23.2 Å². The zero-order valence-corrected chi connectivity index (χ0v) is 16.8. The Labute approximate surface area is 171 Å². The highest BCUT2D eigenvalue weighted by molar-refractivity contribution is 5.94. The van der Waals surface area contributed by atoms with E-state index in [0.717, 1.165) is 18.8 Å². The summed E-state index contributed by atoms with van der Waals surface area (Å²) in [6.45, 7) is 3.75. The van der Waals surface area contributed by atoms with E-state index in [-0.39, 0.29) is 30.6 Å². The second-order valence-corrected chi connectivity index (χ2v) is 7.56. The van der Waals surface area contributed by atoms with E-state index >= 15 is 0 Å². The minimum Gasteiger partial charge on any atom is -0.372 e. The maximum absolute atomic E-state index is 13.7. The maximum atomic E-state index is 13.7. The molecule has 1 aliphatic rings. The number of benzene rings is 2. The Morgan fingerprint density at radius 1 is 1.03 bits per heavy atom. The van der Waals surface area contributed by atoms with Crippen LogP contribution in [0, 0.1) is 11.7 Å². The van der Waals surface area contributed by atoms with Gasteiger partial charge in [-0.3, -0.25) is 9.59 Å². The summed E-state index contributed by atoms with van der Waals surface area (Å²) in [7, 11) is 0. The molecule has 154 valence electrons. The molecular formula is C23H28FN3O2. The summed E-state index contributed by atoms with van der Waals surface area (Å²) < 4.78 is 13.7. The lowest BCUT2D eigenvalue weighted by atomic mass is 10.00. The maximum Gasteiger partial charge on any atom is 0.243 e. The highest BCUT2D eigenvalue weighted by Gasteiger charge is 2.16. The van der Waals surface area contributed by atoms with Gasteiger partial charge in [0.15, 0.2) is 0 Å². The predicted octanol–water partition coefficient (Wildman–Crippen LogP) is 3.75. The summed E-state index contributed by atoms with van der Waals surface area (Å²) >= 11 is 0.